The van der Waals surface area contributed by atoms with E-state index in [9.17, 15) is 8.60 Å². The van der Waals surface area contributed by atoms with Gasteiger partial charge in [-0.1, -0.05) is 6.07 Å². The smallest absolute Gasteiger partial charge is 0.207 e. The molecule has 2 aromatic rings. The minimum Gasteiger partial charge on any atom is -0.494 e. The van der Waals surface area contributed by atoms with Crippen molar-refractivity contribution in [2.75, 3.05) is 7.11 Å². The summed E-state index contributed by atoms with van der Waals surface area (Å²) in [5, 5.41) is 0. The highest BCUT2D eigenvalue weighted by molar-refractivity contribution is 7.83. The fourth-order valence-corrected chi connectivity index (χ4v) is 2.83. The number of ether oxygens (including phenoxy) is 1. The first-order valence-corrected chi connectivity index (χ1v) is 7.58. The number of methoxy groups -OCH3 is 1. The average Bonchev–Trinajstić information content (AvgIpc) is 2.68. The van der Waals surface area contributed by atoms with E-state index in [4.69, 9.17) is 9.15 Å². The fraction of sp³-hybridized carbons (Fsp3) is 0.357. The summed E-state index contributed by atoms with van der Waals surface area (Å²) >= 11 is 0. The first kappa shape index (κ1) is 14.7. The molecule has 108 valence electrons. The molecule has 1 unspecified atom stereocenters. The Morgan fingerprint density at radius 1 is 1.35 bits per heavy atom. The van der Waals surface area contributed by atoms with Crippen molar-refractivity contribution >= 4 is 10.8 Å². The third-order valence-electron chi connectivity index (χ3n) is 2.90. The molecule has 4 nitrogen and oxygen atoms in total. The largest absolute Gasteiger partial charge is 0.494 e. The lowest BCUT2D eigenvalue weighted by atomic mass is 10.2. The van der Waals surface area contributed by atoms with Crippen LogP contribution < -0.4 is 4.74 Å². The molecule has 0 N–H and O–H groups in total. The van der Waals surface area contributed by atoms with Gasteiger partial charge in [0, 0.05) is 16.6 Å². The van der Waals surface area contributed by atoms with E-state index in [1.54, 1.807) is 6.07 Å². The normalized spacial score (nSPS) is 12.4. The van der Waals surface area contributed by atoms with E-state index in [1.807, 2.05) is 13.8 Å². The van der Waals surface area contributed by atoms with Crippen LogP contribution in [-0.4, -0.2) is 16.3 Å². The van der Waals surface area contributed by atoms with Gasteiger partial charge < -0.3 is 9.15 Å². The monoisotopic (exact) mass is 297 g/mol. The molecule has 0 fully saturated rings. The second-order valence-electron chi connectivity index (χ2n) is 4.45. The zero-order valence-electron chi connectivity index (χ0n) is 11.6. The number of benzene rings is 1. The highest BCUT2D eigenvalue weighted by atomic mass is 32.2. The van der Waals surface area contributed by atoms with Gasteiger partial charge in [-0.05, 0) is 31.5 Å². The number of nitrogens with zero attached hydrogens (tertiary/aromatic N) is 1. The van der Waals surface area contributed by atoms with E-state index in [2.05, 4.69) is 4.98 Å². The first-order valence-electron chi connectivity index (χ1n) is 6.10. The van der Waals surface area contributed by atoms with E-state index in [0.29, 0.717) is 11.5 Å². The van der Waals surface area contributed by atoms with Crippen LogP contribution in [0, 0.1) is 19.7 Å². The van der Waals surface area contributed by atoms with Crippen molar-refractivity contribution in [3.63, 3.8) is 0 Å². The van der Waals surface area contributed by atoms with Gasteiger partial charge in [-0.25, -0.2) is 9.37 Å². The van der Waals surface area contributed by atoms with Crippen molar-refractivity contribution in [2.45, 2.75) is 25.4 Å². The van der Waals surface area contributed by atoms with Crippen molar-refractivity contribution in [3.8, 4) is 5.75 Å². The van der Waals surface area contributed by atoms with Crippen LogP contribution in [0.4, 0.5) is 4.39 Å². The van der Waals surface area contributed by atoms with Gasteiger partial charge in [0.2, 0.25) is 5.89 Å². The molecule has 0 saturated carbocycles. The number of hydrogen-bond donors (Lipinski definition) is 0. The number of oxazole rings is 1. The molecule has 0 bridgehead atoms. The molecule has 6 heteroatoms. The van der Waals surface area contributed by atoms with Crippen molar-refractivity contribution in [2.24, 2.45) is 0 Å². The number of aromatic nitrogens is 1. The Morgan fingerprint density at radius 2 is 2.10 bits per heavy atom. The molecule has 0 amide bonds. The first-order chi connectivity index (χ1) is 9.49. The molecule has 0 spiro atoms. The maximum Gasteiger partial charge on any atom is 0.207 e. The molecule has 20 heavy (non-hydrogen) atoms. The third-order valence-corrected chi connectivity index (χ3v) is 4.13. The number of hydrogen-bond acceptors (Lipinski definition) is 4. The van der Waals surface area contributed by atoms with Gasteiger partial charge in [-0.15, -0.1) is 0 Å². The van der Waals surface area contributed by atoms with Crippen LogP contribution >= 0.6 is 0 Å². The second kappa shape index (κ2) is 6.17. The summed E-state index contributed by atoms with van der Waals surface area (Å²) in [6.45, 7) is 3.65. The molecule has 1 aromatic carbocycles. The van der Waals surface area contributed by atoms with Crippen molar-refractivity contribution in [1.82, 2.24) is 4.98 Å². The van der Waals surface area contributed by atoms with Crippen LogP contribution in [0.15, 0.2) is 22.6 Å². The Kier molecular flexibility index (Phi) is 4.54. The Hall–Kier alpha value is -1.69. The summed E-state index contributed by atoms with van der Waals surface area (Å²) in [6.07, 6.45) is 0. The van der Waals surface area contributed by atoms with Crippen LogP contribution in [0.25, 0.3) is 0 Å². The molecule has 0 saturated heterocycles. The van der Waals surface area contributed by atoms with E-state index in [1.165, 1.54) is 19.2 Å². The number of halogens is 1. The molecule has 0 aliphatic heterocycles. The maximum atomic E-state index is 13.5. The SMILES string of the molecule is COc1ccc(CS(=O)Cc2nc(C)c(C)o2)cc1F. The second-order valence-corrected chi connectivity index (χ2v) is 5.90. The molecule has 2 rings (SSSR count). The molecular weight excluding hydrogens is 281 g/mol. The minimum absolute atomic E-state index is 0.179. The van der Waals surface area contributed by atoms with Crippen LogP contribution in [0.3, 0.4) is 0 Å². The Bertz CT molecular complexity index is 620. The topological polar surface area (TPSA) is 52.3 Å². The zero-order valence-corrected chi connectivity index (χ0v) is 12.4. The molecule has 0 aliphatic carbocycles. The Morgan fingerprint density at radius 3 is 2.65 bits per heavy atom. The van der Waals surface area contributed by atoms with Crippen LogP contribution in [0.5, 0.6) is 5.75 Å². The average molecular weight is 297 g/mol. The van der Waals surface area contributed by atoms with Crippen molar-refractivity contribution in [3.05, 3.63) is 46.9 Å². The molecule has 1 heterocycles. The highest BCUT2D eigenvalue weighted by Gasteiger charge is 2.11. The molecule has 0 aliphatic rings. The molecule has 1 atom stereocenters. The summed E-state index contributed by atoms with van der Waals surface area (Å²) in [5.41, 5.74) is 1.45. The highest BCUT2D eigenvalue weighted by Crippen LogP contribution is 2.19. The maximum absolute atomic E-state index is 13.5. The van der Waals surface area contributed by atoms with Crippen molar-refractivity contribution in [1.29, 1.82) is 0 Å². The zero-order chi connectivity index (χ0) is 14.7. The molecular formula is C14H16FNO3S. The van der Waals surface area contributed by atoms with Gasteiger partial charge in [-0.3, -0.25) is 4.21 Å². The fourth-order valence-electron chi connectivity index (χ4n) is 1.78. The van der Waals surface area contributed by atoms with Gasteiger partial charge in [0.05, 0.1) is 12.8 Å². The van der Waals surface area contributed by atoms with E-state index in [-0.39, 0.29) is 17.3 Å². The minimum atomic E-state index is -1.20. The van der Waals surface area contributed by atoms with Crippen LogP contribution in [-0.2, 0) is 22.3 Å². The lowest BCUT2D eigenvalue weighted by Gasteiger charge is -2.04. The Balaban J connectivity index is 2.02. The standard InChI is InChI=1S/C14H16FNO3S/c1-9-10(2)19-14(16-9)8-20(17)7-11-4-5-13(18-3)12(15)6-11/h4-6H,7-8H2,1-3H3. The number of rotatable bonds is 5. The third kappa shape index (κ3) is 3.45. The van der Waals surface area contributed by atoms with E-state index >= 15 is 0 Å². The van der Waals surface area contributed by atoms with Crippen LogP contribution in [0.1, 0.15) is 22.9 Å². The van der Waals surface area contributed by atoms with Gasteiger partial charge >= 0.3 is 0 Å². The quantitative estimate of drug-likeness (QED) is 0.851. The van der Waals surface area contributed by atoms with Crippen LogP contribution in [0.2, 0.25) is 0 Å². The van der Waals surface area contributed by atoms with E-state index in [0.717, 1.165) is 11.5 Å². The predicted molar refractivity (Wildman–Crippen MR) is 74.5 cm³/mol. The van der Waals surface area contributed by atoms with E-state index < -0.39 is 16.6 Å². The van der Waals surface area contributed by atoms with Gasteiger partial charge in [0.25, 0.3) is 0 Å². The summed E-state index contributed by atoms with van der Waals surface area (Å²) < 4.78 is 35.8. The van der Waals surface area contributed by atoms with Gasteiger partial charge in [0.15, 0.2) is 11.6 Å². The van der Waals surface area contributed by atoms with Gasteiger partial charge in [-0.2, -0.15) is 0 Å². The lowest BCUT2D eigenvalue weighted by Crippen LogP contribution is -2.01. The molecule has 0 radical (unpaired) electrons. The van der Waals surface area contributed by atoms with Gasteiger partial charge in [0.1, 0.15) is 11.5 Å². The summed E-state index contributed by atoms with van der Waals surface area (Å²) in [6, 6.07) is 4.57. The lowest BCUT2D eigenvalue weighted by molar-refractivity contribution is 0.386. The summed E-state index contributed by atoms with van der Waals surface area (Å²) in [5.74, 6) is 1.38. The summed E-state index contributed by atoms with van der Waals surface area (Å²) in [4.78, 5) is 4.18. The summed E-state index contributed by atoms with van der Waals surface area (Å²) in [7, 11) is 0.209. The Labute approximate surface area is 119 Å². The van der Waals surface area contributed by atoms with Crippen molar-refractivity contribution < 1.29 is 17.8 Å². The predicted octanol–water partition coefficient (Wildman–Crippen LogP) is 2.89. The molecule has 1 aromatic heterocycles. The number of aryl methyl sites for hydroxylation is 2.